The van der Waals surface area contributed by atoms with Crippen molar-refractivity contribution in [3.8, 4) is 0 Å². The van der Waals surface area contributed by atoms with Gasteiger partial charge in [0, 0.05) is 30.5 Å². The molecule has 0 aliphatic heterocycles. The number of hydrogen-bond acceptors (Lipinski definition) is 3. The first-order chi connectivity index (χ1) is 8.95. The van der Waals surface area contributed by atoms with Crippen LogP contribution in [0.15, 0.2) is 12.4 Å². The summed E-state index contributed by atoms with van der Waals surface area (Å²) in [4.78, 5) is 0. The maximum Gasteiger partial charge on any atom is 0.0950 e. The van der Waals surface area contributed by atoms with Crippen molar-refractivity contribution in [3.63, 3.8) is 0 Å². The van der Waals surface area contributed by atoms with E-state index in [-0.39, 0.29) is 12.1 Å². The van der Waals surface area contributed by atoms with Gasteiger partial charge in [0.05, 0.1) is 17.9 Å². The van der Waals surface area contributed by atoms with Gasteiger partial charge in [-0.2, -0.15) is 10.2 Å². The number of aryl methyl sites for hydroxylation is 2. The predicted molar refractivity (Wildman–Crippen MR) is 76.1 cm³/mol. The zero-order valence-corrected chi connectivity index (χ0v) is 12.4. The Balaban J connectivity index is 2.51. The van der Waals surface area contributed by atoms with E-state index in [4.69, 9.17) is 5.73 Å². The van der Waals surface area contributed by atoms with Crippen LogP contribution in [0.5, 0.6) is 0 Å². The number of nitrogens with zero attached hydrogens (tertiary/aromatic N) is 4. The van der Waals surface area contributed by atoms with Gasteiger partial charge in [0.2, 0.25) is 0 Å². The standard InChI is InChI=1S/C14H23N5/c1-6-13-10(3)17-19(11(13)4)14(9(2)15)12-7-16-18(5)8-12/h7-9,14H,6,15H2,1-5H3. The number of hydrogen-bond donors (Lipinski definition) is 1. The van der Waals surface area contributed by atoms with Crippen LogP contribution in [0.4, 0.5) is 0 Å². The van der Waals surface area contributed by atoms with Crippen molar-refractivity contribution in [1.29, 1.82) is 0 Å². The maximum atomic E-state index is 6.18. The van der Waals surface area contributed by atoms with Crippen LogP contribution in [0.2, 0.25) is 0 Å². The minimum Gasteiger partial charge on any atom is -0.326 e. The van der Waals surface area contributed by atoms with Crippen molar-refractivity contribution in [2.45, 2.75) is 46.2 Å². The van der Waals surface area contributed by atoms with Crippen molar-refractivity contribution in [2.24, 2.45) is 12.8 Å². The third-order valence-corrected chi connectivity index (χ3v) is 3.66. The lowest BCUT2D eigenvalue weighted by atomic mass is 10.0. The van der Waals surface area contributed by atoms with Gasteiger partial charge in [-0.15, -0.1) is 0 Å². The molecule has 2 aromatic rings. The molecule has 0 aromatic carbocycles. The maximum absolute atomic E-state index is 6.18. The smallest absolute Gasteiger partial charge is 0.0950 e. The van der Waals surface area contributed by atoms with E-state index in [0.717, 1.165) is 17.7 Å². The van der Waals surface area contributed by atoms with Gasteiger partial charge in [0.15, 0.2) is 0 Å². The monoisotopic (exact) mass is 261 g/mol. The van der Waals surface area contributed by atoms with Gasteiger partial charge in [-0.3, -0.25) is 9.36 Å². The third kappa shape index (κ3) is 2.42. The molecule has 2 aromatic heterocycles. The molecule has 104 valence electrons. The topological polar surface area (TPSA) is 61.7 Å². The van der Waals surface area contributed by atoms with Gasteiger partial charge in [-0.25, -0.2) is 0 Å². The Hall–Kier alpha value is -1.62. The van der Waals surface area contributed by atoms with E-state index in [9.17, 15) is 0 Å². The largest absolute Gasteiger partial charge is 0.326 e. The quantitative estimate of drug-likeness (QED) is 0.911. The van der Waals surface area contributed by atoms with Crippen LogP contribution in [-0.2, 0) is 13.5 Å². The molecule has 2 unspecified atom stereocenters. The Morgan fingerprint density at radius 1 is 1.37 bits per heavy atom. The fourth-order valence-electron chi connectivity index (χ4n) is 2.74. The normalized spacial score (nSPS) is 14.6. The highest BCUT2D eigenvalue weighted by Gasteiger charge is 2.24. The number of rotatable bonds is 4. The first kappa shape index (κ1) is 13.8. The molecule has 0 spiro atoms. The first-order valence-corrected chi connectivity index (χ1v) is 6.74. The average molecular weight is 261 g/mol. The molecule has 0 aliphatic carbocycles. The molecular weight excluding hydrogens is 238 g/mol. The highest BCUT2D eigenvalue weighted by molar-refractivity contribution is 5.27. The Morgan fingerprint density at radius 3 is 2.47 bits per heavy atom. The van der Waals surface area contributed by atoms with Gasteiger partial charge in [0.1, 0.15) is 0 Å². The molecule has 2 N–H and O–H groups in total. The second-order valence-electron chi connectivity index (χ2n) is 5.20. The lowest BCUT2D eigenvalue weighted by Crippen LogP contribution is -2.31. The molecule has 2 atom stereocenters. The van der Waals surface area contributed by atoms with Crippen LogP contribution >= 0.6 is 0 Å². The van der Waals surface area contributed by atoms with E-state index < -0.39 is 0 Å². The van der Waals surface area contributed by atoms with Crippen molar-refractivity contribution in [3.05, 3.63) is 34.9 Å². The Kier molecular flexibility index (Phi) is 3.75. The fraction of sp³-hybridized carbons (Fsp3) is 0.571. The minimum absolute atomic E-state index is 0.0214. The summed E-state index contributed by atoms with van der Waals surface area (Å²) in [5.74, 6) is 0. The van der Waals surface area contributed by atoms with Crippen molar-refractivity contribution in [2.75, 3.05) is 0 Å². The number of nitrogens with two attached hydrogens (primary N) is 1. The van der Waals surface area contributed by atoms with Gasteiger partial charge in [0.25, 0.3) is 0 Å². The van der Waals surface area contributed by atoms with Gasteiger partial charge >= 0.3 is 0 Å². The third-order valence-electron chi connectivity index (χ3n) is 3.66. The molecule has 0 aliphatic rings. The molecule has 0 amide bonds. The molecule has 0 fully saturated rings. The summed E-state index contributed by atoms with van der Waals surface area (Å²) in [6.45, 7) is 8.35. The lowest BCUT2D eigenvalue weighted by molar-refractivity contribution is 0.443. The molecule has 2 rings (SSSR count). The molecular formula is C14H23N5. The summed E-state index contributed by atoms with van der Waals surface area (Å²) < 4.78 is 3.85. The highest BCUT2D eigenvalue weighted by atomic mass is 15.3. The molecule has 2 heterocycles. The van der Waals surface area contributed by atoms with Gasteiger partial charge in [-0.1, -0.05) is 6.92 Å². The van der Waals surface area contributed by atoms with Crippen LogP contribution < -0.4 is 5.73 Å². The van der Waals surface area contributed by atoms with E-state index in [2.05, 4.69) is 35.7 Å². The van der Waals surface area contributed by atoms with E-state index in [0.29, 0.717) is 0 Å². The summed E-state index contributed by atoms with van der Waals surface area (Å²) in [6, 6.07) is 0.0135. The zero-order valence-electron chi connectivity index (χ0n) is 12.4. The molecule has 0 saturated carbocycles. The van der Waals surface area contributed by atoms with Crippen LogP contribution in [-0.4, -0.2) is 25.6 Å². The van der Waals surface area contributed by atoms with E-state index >= 15 is 0 Å². The Morgan fingerprint density at radius 2 is 2.05 bits per heavy atom. The summed E-state index contributed by atoms with van der Waals surface area (Å²) in [5, 5.41) is 8.93. The van der Waals surface area contributed by atoms with Crippen LogP contribution in [0, 0.1) is 13.8 Å². The van der Waals surface area contributed by atoms with E-state index in [1.54, 1.807) is 4.68 Å². The second kappa shape index (κ2) is 5.17. The van der Waals surface area contributed by atoms with Crippen LogP contribution in [0.3, 0.4) is 0 Å². The average Bonchev–Trinajstić information content (AvgIpc) is 2.85. The molecule has 0 saturated heterocycles. The van der Waals surface area contributed by atoms with E-state index in [1.807, 2.05) is 26.4 Å². The molecule has 5 heteroatoms. The summed E-state index contributed by atoms with van der Waals surface area (Å²) in [5.41, 5.74) is 10.9. The van der Waals surface area contributed by atoms with Crippen molar-refractivity contribution < 1.29 is 0 Å². The summed E-state index contributed by atoms with van der Waals surface area (Å²) in [6.07, 6.45) is 4.88. The fourth-order valence-corrected chi connectivity index (χ4v) is 2.74. The molecule has 19 heavy (non-hydrogen) atoms. The summed E-state index contributed by atoms with van der Waals surface area (Å²) >= 11 is 0. The van der Waals surface area contributed by atoms with Crippen molar-refractivity contribution in [1.82, 2.24) is 19.6 Å². The lowest BCUT2D eigenvalue weighted by Gasteiger charge is -2.22. The molecule has 0 bridgehead atoms. The SMILES string of the molecule is CCc1c(C)nn(C(c2cnn(C)c2)C(C)N)c1C. The van der Waals surface area contributed by atoms with Crippen molar-refractivity contribution >= 4 is 0 Å². The van der Waals surface area contributed by atoms with Gasteiger partial charge in [-0.05, 0) is 32.8 Å². The van der Waals surface area contributed by atoms with E-state index in [1.165, 1.54) is 11.3 Å². The highest BCUT2D eigenvalue weighted by Crippen LogP contribution is 2.25. The van der Waals surface area contributed by atoms with Gasteiger partial charge < -0.3 is 5.73 Å². The molecule has 0 radical (unpaired) electrons. The predicted octanol–water partition coefficient (Wildman–Crippen LogP) is 1.73. The minimum atomic E-state index is -0.0214. The summed E-state index contributed by atoms with van der Waals surface area (Å²) in [7, 11) is 1.92. The Labute approximate surface area is 114 Å². The second-order valence-corrected chi connectivity index (χ2v) is 5.20. The first-order valence-electron chi connectivity index (χ1n) is 6.74. The number of aromatic nitrogens is 4. The van der Waals surface area contributed by atoms with Crippen LogP contribution in [0.1, 0.15) is 42.4 Å². The Bertz CT molecular complexity index is 564. The zero-order chi connectivity index (χ0) is 14.2. The molecule has 5 nitrogen and oxygen atoms in total. The van der Waals surface area contributed by atoms with Crippen LogP contribution in [0.25, 0.3) is 0 Å².